The highest BCUT2D eigenvalue weighted by molar-refractivity contribution is 5.70. The molecule has 0 saturated heterocycles. The topological polar surface area (TPSA) is 87.1 Å². The third kappa shape index (κ3) is 4.68. The van der Waals surface area contributed by atoms with Crippen molar-refractivity contribution in [2.75, 3.05) is 17.2 Å². The molecule has 0 bridgehead atoms. The van der Waals surface area contributed by atoms with E-state index in [1.807, 2.05) is 18.2 Å². The number of fused-ring (bicyclic) bond motifs is 1. The van der Waals surface area contributed by atoms with Gasteiger partial charge in [0.25, 0.3) is 0 Å². The van der Waals surface area contributed by atoms with Crippen molar-refractivity contribution in [3.05, 3.63) is 47.2 Å². The number of anilines is 2. The zero-order valence-corrected chi connectivity index (χ0v) is 14.3. The van der Waals surface area contributed by atoms with Crippen molar-refractivity contribution in [1.82, 2.24) is 10.2 Å². The van der Waals surface area contributed by atoms with Crippen molar-refractivity contribution in [2.45, 2.75) is 45.1 Å². The van der Waals surface area contributed by atoms with Gasteiger partial charge in [0.05, 0.1) is 11.4 Å². The molecule has 0 fully saturated rings. The number of aryl methyl sites for hydroxylation is 1. The molecule has 25 heavy (non-hydrogen) atoms. The Labute approximate surface area is 147 Å². The maximum Gasteiger partial charge on any atom is 0.303 e. The first kappa shape index (κ1) is 17.2. The van der Waals surface area contributed by atoms with Gasteiger partial charge in [0.1, 0.15) is 0 Å². The van der Waals surface area contributed by atoms with E-state index in [0.717, 1.165) is 49.4 Å². The van der Waals surface area contributed by atoms with Crippen LogP contribution in [-0.2, 0) is 24.2 Å². The van der Waals surface area contributed by atoms with Gasteiger partial charge in [0.2, 0.25) is 0 Å². The number of rotatable bonds is 8. The highest BCUT2D eigenvalue weighted by atomic mass is 16.4. The first-order chi connectivity index (χ1) is 12.2. The number of nitrogens with zero attached hydrogens (tertiary/aromatic N) is 2. The number of carboxylic acids is 1. The van der Waals surface area contributed by atoms with Crippen LogP contribution in [-0.4, -0.2) is 27.8 Å². The SMILES string of the molecule is O=C(O)CCCCc1nnc(NCc2ccccc2)c2c1CCCN2. The molecule has 3 N–H and O–H groups in total. The molecule has 2 aromatic rings. The highest BCUT2D eigenvalue weighted by Gasteiger charge is 2.19. The largest absolute Gasteiger partial charge is 0.481 e. The number of carbonyl (C=O) groups is 1. The lowest BCUT2D eigenvalue weighted by Gasteiger charge is -2.23. The minimum absolute atomic E-state index is 0.213. The Hall–Kier alpha value is -2.63. The van der Waals surface area contributed by atoms with E-state index >= 15 is 0 Å². The van der Waals surface area contributed by atoms with Gasteiger partial charge in [-0.25, -0.2) is 0 Å². The van der Waals surface area contributed by atoms with E-state index in [9.17, 15) is 4.79 Å². The predicted molar refractivity (Wildman–Crippen MR) is 97.8 cm³/mol. The van der Waals surface area contributed by atoms with Crippen LogP contribution in [0.15, 0.2) is 30.3 Å². The Bertz CT molecular complexity index is 719. The fraction of sp³-hybridized carbons (Fsp3) is 0.421. The summed E-state index contributed by atoms with van der Waals surface area (Å²) in [5.74, 6) is 0.0584. The van der Waals surface area contributed by atoms with Crippen LogP contribution >= 0.6 is 0 Å². The molecule has 0 unspecified atom stereocenters. The summed E-state index contributed by atoms with van der Waals surface area (Å²) in [4.78, 5) is 10.6. The van der Waals surface area contributed by atoms with Gasteiger partial charge < -0.3 is 15.7 Å². The van der Waals surface area contributed by atoms with Crippen molar-refractivity contribution in [3.8, 4) is 0 Å². The van der Waals surface area contributed by atoms with E-state index in [1.54, 1.807) is 0 Å². The molecule has 1 aromatic heterocycles. The summed E-state index contributed by atoms with van der Waals surface area (Å²) in [5.41, 5.74) is 4.49. The summed E-state index contributed by atoms with van der Waals surface area (Å²) in [5, 5.41) is 24.4. The lowest BCUT2D eigenvalue weighted by molar-refractivity contribution is -0.137. The summed E-state index contributed by atoms with van der Waals surface area (Å²) in [7, 11) is 0. The molecule has 3 rings (SSSR count). The number of hydrogen-bond donors (Lipinski definition) is 3. The van der Waals surface area contributed by atoms with Crippen LogP contribution < -0.4 is 10.6 Å². The van der Waals surface area contributed by atoms with E-state index in [4.69, 9.17) is 5.11 Å². The maximum absolute atomic E-state index is 10.6. The normalized spacial score (nSPS) is 13.0. The molecule has 0 radical (unpaired) electrons. The number of aliphatic carboxylic acids is 1. The van der Waals surface area contributed by atoms with Gasteiger partial charge in [0, 0.05) is 25.1 Å². The van der Waals surface area contributed by atoms with E-state index in [2.05, 4.69) is 33.0 Å². The fourth-order valence-electron chi connectivity index (χ4n) is 3.12. The van der Waals surface area contributed by atoms with Crippen LogP contribution in [0.2, 0.25) is 0 Å². The number of aromatic nitrogens is 2. The van der Waals surface area contributed by atoms with Crippen LogP contribution in [0, 0.1) is 0 Å². The van der Waals surface area contributed by atoms with Gasteiger partial charge in [-0.05, 0) is 37.7 Å². The summed E-state index contributed by atoms with van der Waals surface area (Å²) in [6, 6.07) is 10.2. The van der Waals surface area contributed by atoms with Crippen molar-refractivity contribution < 1.29 is 9.90 Å². The molecule has 0 saturated carbocycles. The Kier molecular flexibility index (Phi) is 5.82. The minimum Gasteiger partial charge on any atom is -0.481 e. The van der Waals surface area contributed by atoms with Gasteiger partial charge in [-0.3, -0.25) is 4.79 Å². The molecule has 2 heterocycles. The molecule has 6 nitrogen and oxygen atoms in total. The molecular formula is C19H24N4O2. The molecule has 1 aliphatic rings. The highest BCUT2D eigenvalue weighted by Crippen LogP contribution is 2.31. The molecule has 0 aliphatic carbocycles. The quantitative estimate of drug-likeness (QED) is 0.640. The van der Waals surface area contributed by atoms with Crippen LogP contribution in [0.1, 0.15) is 42.5 Å². The van der Waals surface area contributed by atoms with Gasteiger partial charge in [-0.15, -0.1) is 5.10 Å². The smallest absolute Gasteiger partial charge is 0.303 e. The van der Waals surface area contributed by atoms with E-state index < -0.39 is 5.97 Å². The van der Waals surface area contributed by atoms with Gasteiger partial charge in [-0.1, -0.05) is 30.3 Å². The Morgan fingerprint density at radius 2 is 2.04 bits per heavy atom. The van der Waals surface area contributed by atoms with E-state index in [0.29, 0.717) is 13.0 Å². The zero-order valence-electron chi connectivity index (χ0n) is 14.3. The maximum atomic E-state index is 10.6. The Balaban J connectivity index is 1.69. The average molecular weight is 340 g/mol. The molecule has 0 spiro atoms. The monoisotopic (exact) mass is 340 g/mol. The Morgan fingerprint density at radius 1 is 1.20 bits per heavy atom. The first-order valence-electron chi connectivity index (χ1n) is 8.86. The van der Waals surface area contributed by atoms with Crippen LogP contribution in [0.25, 0.3) is 0 Å². The number of hydrogen-bond acceptors (Lipinski definition) is 5. The standard InChI is InChI=1S/C19H24N4O2/c24-17(25)11-5-4-10-16-15-9-6-12-20-18(15)19(23-22-16)21-13-14-7-2-1-3-8-14/h1-3,7-8,20H,4-6,9-13H2,(H,21,23)(H,24,25). The van der Waals surface area contributed by atoms with Crippen molar-refractivity contribution in [1.29, 1.82) is 0 Å². The van der Waals surface area contributed by atoms with Crippen molar-refractivity contribution in [3.63, 3.8) is 0 Å². The average Bonchev–Trinajstić information content (AvgIpc) is 2.65. The fourth-order valence-corrected chi connectivity index (χ4v) is 3.12. The second-order valence-electron chi connectivity index (χ2n) is 6.32. The lowest BCUT2D eigenvalue weighted by Crippen LogP contribution is -2.18. The predicted octanol–water partition coefficient (Wildman–Crippen LogP) is 3.24. The zero-order chi connectivity index (χ0) is 17.5. The van der Waals surface area contributed by atoms with E-state index in [-0.39, 0.29) is 6.42 Å². The van der Waals surface area contributed by atoms with Gasteiger partial charge in [0.15, 0.2) is 5.82 Å². The third-order valence-corrected chi connectivity index (χ3v) is 4.42. The minimum atomic E-state index is -0.741. The van der Waals surface area contributed by atoms with Crippen molar-refractivity contribution >= 4 is 17.5 Å². The third-order valence-electron chi connectivity index (χ3n) is 4.42. The first-order valence-corrected chi connectivity index (χ1v) is 8.86. The van der Waals surface area contributed by atoms with E-state index in [1.165, 1.54) is 11.1 Å². The van der Waals surface area contributed by atoms with Gasteiger partial charge in [-0.2, -0.15) is 5.10 Å². The molecule has 0 atom stereocenters. The number of unbranched alkanes of at least 4 members (excludes halogenated alkanes) is 1. The lowest BCUT2D eigenvalue weighted by atomic mass is 9.99. The molecule has 0 amide bonds. The second-order valence-corrected chi connectivity index (χ2v) is 6.32. The van der Waals surface area contributed by atoms with Crippen LogP contribution in [0.5, 0.6) is 0 Å². The molecule has 1 aromatic carbocycles. The van der Waals surface area contributed by atoms with Crippen molar-refractivity contribution in [2.24, 2.45) is 0 Å². The molecule has 6 heteroatoms. The summed E-state index contributed by atoms with van der Waals surface area (Å²) in [6.45, 7) is 1.65. The second kappa shape index (κ2) is 8.46. The summed E-state index contributed by atoms with van der Waals surface area (Å²) in [6.07, 6.45) is 4.57. The van der Waals surface area contributed by atoms with Crippen LogP contribution in [0.3, 0.4) is 0 Å². The molecule has 1 aliphatic heterocycles. The number of nitrogens with one attached hydrogen (secondary N) is 2. The number of benzene rings is 1. The van der Waals surface area contributed by atoms with Crippen LogP contribution in [0.4, 0.5) is 11.5 Å². The summed E-state index contributed by atoms with van der Waals surface area (Å²) >= 11 is 0. The summed E-state index contributed by atoms with van der Waals surface area (Å²) < 4.78 is 0. The Morgan fingerprint density at radius 3 is 2.84 bits per heavy atom. The van der Waals surface area contributed by atoms with Gasteiger partial charge >= 0.3 is 5.97 Å². The number of carboxylic acid groups (broad SMARTS) is 1. The molecule has 132 valence electrons. The molecular weight excluding hydrogens is 316 g/mol.